The van der Waals surface area contributed by atoms with Crippen molar-refractivity contribution >= 4 is 56.3 Å². The Morgan fingerprint density at radius 1 is 1.34 bits per heavy atom. The highest BCUT2D eigenvalue weighted by atomic mass is 79.9. The molecule has 5 rings (SSSR count). The lowest BCUT2D eigenvalue weighted by atomic mass is 10.0. The van der Waals surface area contributed by atoms with E-state index in [1.807, 2.05) is 46.0 Å². The Labute approximate surface area is 184 Å². The summed E-state index contributed by atoms with van der Waals surface area (Å²) in [5.41, 5.74) is 3.50. The zero-order valence-electron chi connectivity index (χ0n) is 15.6. The van der Waals surface area contributed by atoms with Gasteiger partial charge in [-0.05, 0) is 52.6 Å². The first-order chi connectivity index (χ1) is 14.0. The lowest BCUT2D eigenvalue weighted by Gasteiger charge is -2.30. The lowest BCUT2D eigenvalue weighted by Crippen LogP contribution is -2.39. The van der Waals surface area contributed by atoms with Crippen molar-refractivity contribution in [2.24, 2.45) is 0 Å². The van der Waals surface area contributed by atoms with Gasteiger partial charge in [0.05, 0.1) is 10.4 Å². The molecule has 2 N–H and O–H groups in total. The predicted molar refractivity (Wildman–Crippen MR) is 121 cm³/mol. The first-order valence-electron chi connectivity index (χ1n) is 9.32. The number of rotatable bonds is 3. The Morgan fingerprint density at radius 2 is 2.21 bits per heavy atom. The third-order valence-electron chi connectivity index (χ3n) is 5.46. The van der Waals surface area contributed by atoms with Crippen molar-refractivity contribution < 1.29 is 4.79 Å². The number of amides is 1. The number of carbonyl (C=O) groups is 1. The van der Waals surface area contributed by atoms with Gasteiger partial charge in [0.15, 0.2) is 10.6 Å². The fourth-order valence-electron chi connectivity index (χ4n) is 4.01. The Hall–Kier alpha value is -2.23. The number of thiophene rings is 1. The van der Waals surface area contributed by atoms with Gasteiger partial charge in [-0.15, -0.1) is 11.3 Å². The number of nitrogens with zero attached hydrogens (tertiary/aromatic N) is 3. The fraction of sp³-hybridized carbons (Fsp3) is 0.250. The summed E-state index contributed by atoms with van der Waals surface area (Å²) in [6, 6.07) is 9.69. The van der Waals surface area contributed by atoms with Gasteiger partial charge in [-0.3, -0.25) is 14.5 Å². The minimum Gasteiger partial charge on any atom is -0.357 e. The van der Waals surface area contributed by atoms with Crippen LogP contribution in [0.25, 0.3) is 21.6 Å². The van der Waals surface area contributed by atoms with Gasteiger partial charge in [-0.2, -0.15) is 5.10 Å². The van der Waals surface area contributed by atoms with Gasteiger partial charge < -0.3 is 9.88 Å². The maximum absolute atomic E-state index is 13.4. The van der Waals surface area contributed by atoms with Gasteiger partial charge in [0.25, 0.3) is 0 Å². The molecule has 1 aliphatic heterocycles. The molecule has 0 aliphatic carbocycles. The molecule has 6 nitrogen and oxygen atoms in total. The molecule has 0 fully saturated rings. The van der Waals surface area contributed by atoms with E-state index in [4.69, 9.17) is 12.2 Å². The van der Waals surface area contributed by atoms with E-state index in [0.29, 0.717) is 23.7 Å². The van der Waals surface area contributed by atoms with Crippen LogP contribution in [0.3, 0.4) is 0 Å². The van der Waals surface area contributed by atoms with Crippen LogP contribution in [0.1, 0.15) is 24.2 Å². The number of nitrogens with one attached hydrogen (secondary N) is 2. The number of aromatic nitrogens is 4. The van der Waals surface area contributed by atoms with E-state index in [1.165, 1.54) is 16.6 Å². The number of hydrogen-bond acceptors (Lipinski definition) is 4. The summed E-state index contributed by atoms with van der Waals surface area (Å²) in [6.45, 7) is 3.17. The molecule has 4 aromatic rings. The maximum atomic E-state index is 13.4. The van der Waals surface area contributed by atoms with E-state index in [1.54, 1.807) is 11.3 Å². The highest BCUT2D eigenvalue weighted by Crippen LogP contribution is 2.33. The van der Waals surface area contributed by atoms with E-state index in [0.717, 1.165) is 21.3 Å². The summed E-state index contributed by atoms with van der Waals surface area (Å²) in [5.74, 6) is 0.759. The Balaban J connectivity index is 1.47. The molecule has 1 amide bonds. The monoisotopic (exact) mass is 487 g/mol. The smallest absolute Gasteiger partial charge is 0.245 e. The van der Waals surface area contributed by atoms with Gasteiger partial charge in [0, 0.05) is 40.6 Å². The largest absolute Gasteiger partial charge is 0.357 e. The molecule has 148 valence electrons. The van der Waals surface area contributed by atoms with Crippen LogP contribution < -0.4 is 0 Å². The number of halogens is 1. The van der Waals surface area contributed by atoms with Crippen molar-refractivity contribution in [3.63, 3.8) is 0 Å². The maximum Gasteiger partial charge on any atom is 0.245 e. The molecule has 1 atom stereocenters. The second-order valence-corrected chi connectivity index (χ2v) is 9.32. The molecule has 0 radical (unpaired) electrons. The Morgan fingerprint density at radius 3 is 3.00 bits per heavy atom. The van der Waals surface area contributed by atoms with Gasteiger partial charge >= 0.3 is 0 Å². The van der Waals surface area contributed by atoms with E-state index in [-0.39, 0.29) is 5.91 Å². The molecule has 3 aromatic heterocycles. The Kier molecular flexibility index (Phi) is 4.68. The molecular weight excluding hydrogens is 470 g/mol. The molecule has 0 saturated carbocycles. The van der Waals surface area contributed by atoms with Crippen LogP contribution in [0.15, 0.2) is 40.2 Å². The van der Waals surface area contributed by atoms with E-state index >= 15 is 0 Å². The van der Waals surface area contributed by atoms with Gasteiger partial charge in [0.2, 0.25) is 5.91 Å². The van der Waals surface area contributed by atoms with Crippen LogP contribution >= 0.6 is 39.5 Å². The number of para-hydroxylation sites is 1. The van der Waals surface area contributed by atoms with Crippen LogP contribution in [0.4, 0.5) is 0 Å². The van der Waals surface area contributed by atoms with Crippen molar-refractivity contribution in [2.45, 2.75) is 25.9 Å². The van der Waals surface area contributed by atoms with Crippen LogP contribution in [0, 0.1) is 4.77 Å². The fourth-order valence-corrected chi connectivity index (χ4v) is 5.47. The SMILES string of the molecule is CC(C(=O)N1CCc2[nH]c3c(Br)cccc3c2C1)n1c(-c2cccs2)n[nH]c1=S. The molecule has 0 spiro atoms. The summed E-state index contributed by atoms with van der Waals surface area (Å²) in [6.07, 6.45) is 0.809. The van der Waals surface area contributed by atoms with Crippen molar-refractivity contribution in [3.8, 4) is 10.7 Å². The zero-order chi connectivity index (χ0) is 20.1. The van der Waals surface area contributed by atoms with Crippen LogP contribution in [-0.2, 0) is 17.8 Å². The number of hydrogen-bond donors (Lipinski definition) is 2. The Bertz CT molecular complexity index is 1270. The van der Waals surface area contributed by atoms with Crippen molar-refractivity contribution in [1.29, 1.82) is 0 Å². The third-order valence-corrected chi connectivity index (χ3v) is 7.28. The van der Waals surface area contributed by atoms with Gasteiger partial charge in [-0.25, -0.2) is 0 Å². The van der Waals surface area contributed by atoms with E-state index in [2.05, 4.69) is 37.2 Å². The molecule has 4 heterocycles. The number of fused-ring (bicyclic) bond motifs is 3. The number of aromatic amines is 2. The first-order valence-corrected chi connectivity index (χ1v) is 11.4. The summed E-state index contributed by atoms with van der Waals surface area (Å²) in [7, 11) is 0. The van der Waals surface area contributed by atoms with E-state index < -0.39 is 6.04 Å². The quantitative estimate of drug-likeness (QED) is 0.396. The predicted octanol–water partition coefficient (Wildman–Crippen LogP) is 5.06. The number of H-pyrrole nitrogens is 2. The molecule has 29 heavy (non-hydrogen) atoms. The lowest BCUT2D eigenvalue weighted by molar-refractivity contribution is -0.135. The van der Waals surface area contributed by atoms with Crippen LogP contribution in [0.5, 0.6) is 0 Å². The highest BCUT2D eigenvalue weighted by Gasteiger charge is 2.30. The van der Waals surface area contributed by atoms with Crippen molar-refractivity contribution in [2.75, 3.05) is 6.54 Å². The molecule has 1 unspecified atom stereocenters. The number of carbonyl (C=O) groups excluding carboxylic acids is 1. The molecule has 0 bridgehead atoms. The van der Waals surface area contributed by atoms with Crippen LogP contribution in [-0.4, -0.2) is 37.1 Å². The topological polar surface area (TPSA) is 69.7 Å². The molecule has 1 aliphatic rings. The van der Waals surface area contributed by atoms with Gasteiger partial charge in [0.1, 0.15) is 6.04 Å². The molecular formula is C20H18BrN5OS2. The summed E-state index contributed by atoms with van der Waals surface area (Å²) < 4.78 is 3.33. The number of benzene rings is 1. The third kappa shape index (κ3) is 3.08. The van der Waals surface area contributed by atoms with Crippen molar-refractivity contribution in [3.05, 3.63) is 56.2 Å². The first kappa shape index (κ1) is 18.8. The standard InChI is InChI=1S/C20H18BrN5OS2/c1-11(26-18(23-24-20(26)28)16-6-3-9-29-16)19(27)25-8-7-15-13(10-25)12-4-2-5-14(21)17(12)22-15/h2-6,9,11,22H,7-8,10H2,1H3,(H,24,28). The second kappa shape index (κ2) is 7.23. The zero-order valence-corrected chi connectivity index (χ0v) is 18.8. The minimum atomic E-state index is -0.433. The summed E-state index contributed by atoms with van der Waals surface area (Å²) in [5, 5.41) is 10.4. The second-order valence-electron chi connectivity index (χ2n) is 7.13. The van der Waals surface area contributed by atoms with Crippen LogP contribution in [0.2, 0.25) is 0 Å². The highest BCUT2D eigenvalue weighted by molar-refractivity contribution is 9.10. The molecule has 1 aromatic carbocycles. The van der Waals surface area contributed by atoms with E-state index in [9.17, 15) is 4.79 Å². The molecule has 0 saturated heterocycles. The average molecular weight is 488 g/mol. The average Bonchev–Trinajstić information content (AvgIpc) is 3.45. The summed E-state index contributed by atoms with van der Waals surface area (Å²) >= 11 is 10.6. The minimum absolute atomic E-state index is 0.0512. The van der Waals surface area contributed by atoms with Gasteiger partial charge in [-0.1, -0.05) is 18.2 Å². The normalized spacial score (nSPS) is 14.9. The molecule has 9 heteroatoms. The van der Waals surface area contributed by atoms with Crippen molar-refractivity contribution in [1.82, 2.24) is 24.6 Å². The summed E-state index contributed by atoms with van der Waals surface area (Å²) in [4.78, 5) is 19.8.